The van der Waals surface area contributed by atoms with E-state index in [1.807, 2.05) is 57.2 Å². The van der Waals surface area contributed by atoms with E-state index in [1.54, 1.807) is 19.1 Å². The van der Waals surface area contributed by atoms with Gasteiger partial charge < -0.3 is 10.2 Å². The standard InChI is InChI=1S/C25H35N3O4S/c1-6-13-26-25(30)21(4)27(14-12-22-10-8-7-9-11-22)24(29)18-28(33(5,31)32)23-16-19(2)15-20(3)17-23/h7-11,15-17,21H,6,12-14,18H2,1-5H3,(H,26,30)/t21-/m0/s1. The molecule has 0 unspecified atom stereocenters. The maximum Gasteiger partial charge on any atom is 0.244 e. The summed E-state index contributed by atoms with van der Waals surface area (Å²) >= 11 is 0. The van der Waals surface area contributed by atoms with Crippen LogP contribution >= 0.6 is 0 Å². The van der Waals surface area contributed by atoms with Crippen LogP contribution in [0.1, 0.15) is 37.0 Å². The van der Waals surface area contributed by atoms with Gasteiger partial charge in [-0.1, -0.05) is 43.3 Å². The summed E-state index contributed by atoms with van der Waals surface area (Å²) in [6.45, 7) is 7.83. The molecule has 0 saturated carbocycles. The Hall–Kier alpha value is -2.87. The van der Waals surface area contributed by atoms with Gasteiger partial charge in [-0.05, 0) is 62.4 Å². The highest BCUT2D eigenvalue weighted by molar-refractivity contribution is 7.92. The molecule has 2 rings (SSSR count). The van der Waals surface area contributed by atoms with Gasteiger partial charge in [0, 0.05) is 13.1 Å². The van der Waals surface area contributed by atoms with Crippen molar-refractivity contribution in [3.05, 3.63) is 65.2 Å². The fourth-order valence-electron chi connectivity index (χ4n) is 3.67. The molecule has 0 aromatic heterocycles. The minimum absolute atomic E-state index is 0.254. The fourth-order valence-corrected chi connectivity index (χ4v) is 4.51. The van der Waals surface area contributed by atoms with Crippen LogP contribution in [-0.2, 0) is 26.0 Å². The minimum Gasteiger partial charge on any atom is -0.354 e. The average Bonchev–Trinajstić information content (AvgIpc) is 2.75. The lowest BCUT2D eigenvalue weighted by Crippen LogP contribution is -2.52. The molecule has 2 aromatic rings. The van der Waals surface area contributed by atoms with E-state index >= 15 is 0 Å². The van der Waals surface area contributed by atoms with Crippen LogP contribution < -0.4 is 9.62 Å². The maximum atomic E-state index is 13.4. The van der Waals surface area contributed by atoms with E-state index in [9.17, 15) is 18.0 Å². The molecule has 0 bridgehead atoms. The van der Waals surface area contributed by atoms with E-state index in [-0.39, 0.29) is 12.5 Å². The maximum absolute atomic E-state index is 13.4. The highest BCUT2D eigenvalue weighted by Crippen LogP contribution is 2.22. The van der Waals surface area contributed by atoms with Crippen molar-refractivity contribution in [1.29, 1.82) is 0 Å². The van der Waals surface area contributed by atoms with Gasteiger partial charge in [-0.3, -0.25) is 13.9 Å². The zero-order valence-corrected chi connectivity index (χ0v) is 21.0. The number of carbonyl (C=O) groups is 2. The molecule has 1 atom stereocenters. The number of sulfonamides is 1. The lowest BCUT2D eigenvalue weighted by molar-refractivity contribution is -0.138. The van der Waals surface area contributed by atoms with E-state index in [2.05, 4.69) is 5.32 Å². The lowest BCUT2D eigenvalue weighted by Gasteiger charge is -2.31. The number of benzene rings is 2. The summed E-state index contributed by atoms with van der Waals surface area (Å²) in [6.07, 6.45) is 2.43. The van der Waals surface area contributed by atoms with Crippen molar-refractivity contribution in [2.75, 3.05) is 30.2 Å². The van der Waals surface area contributed by atoms with Crippen molar-refractivity contribution in [2.24, 2.45) is 0 Å². The van der Waals surface area contributed by atoms with Crippen LogP contribution in [0.15, 0.2) is 48.5 Å². The second kappa shape index (κ2) is 11.8. The largest absolute Gasteiger partial charge is 0.354 e. The molecule has 0 aliphatic heterocycles. The smallest absolute Gasteiger partial charge is 0.244 e. The third-order valence-electron chi connectivity index (χ3n) is 5.37. The molecule has 7 nitrogen and oxygen atoms in total. The molecule has 2 aromatic carbocycles. The number of carbonyl (C=O) groups excluding carboxylic acids is 2. The first-order valence-corrected chi connectivity index (χ1v) is 13.0. The van der Waals surface area contributed by atoms with Crippen molar-refractivity contribution >= 4 is 27.5 Å². The molecule has 33 heavy (non-hydrogen) atoms. The van der Waals surface area contributed by atoms with Crippen LogP contribution in [0.3, 0.4) is 0 Å². The Morgan fingerprint density at radius 1 is 1.03 bits per heavy atom. The van der Waals surface area contributed by atoms with Crippen molar-refractivity contribution in [3.8, 4) is 0 Å². The Balaban J connectivity index is 2.32. The van der Waals surface area contributed by atoms with Gasteiger partial charge in [-0.2, -0.15) is 0 Å². The predicted molar refractivity (Wildman–Crippen MR) is 133 cm³/mol. The van der Waals surface area contributed by atoms with E-state index in [0.717, 1.165) is 33.7 Å². The average molecular weight is 474 g/mol. The Labute approximate surface area is 197 Å². The SMILES string of the molecule is CCCNC(=O)[C@H](C)N(CCc1ccccc1)C(=O)CN(c1cc(C)cc(C)c1)S(C)(=O)=O. The van der Waals surface area contributed by atoms with Gasteiger partial charge in [0.2, 0.25) is 21.8 Å². The molecule has 0 heterocycles. The second-order valence-corrected chi connectivity index (χ2v) is 10.3. The molecular formula is C25H35N3O4S. The zero-order chi connectivity index (χ0) is 24.6. The van der Waals surface area contributed by atoms with E-state index in [4.69, 9.17) is 0 Å². The summed E-state index contributed by atoms with van der Waals surface area (Å²) in [5, 5.41) is 2.83. The molecule has 0 aliphatic carbocycles. The summed E-state index contributed by atoms with van der Waals surface area (Å²) < 4.78 is 26.3. The van der Waals surface area contributed by atoms with Crippen molar-refractivity contribution in [3.63, 3.8) is 0 Å². The summed E-state index contributed by atoms with van der Waals surface area (Å²) in [7, 11) is -3.72. The topological polar surface area (TPSA) is 86.8 Å². The predicted octanol–water partition coefficient (Wildman–Crippen LogP) is 3.06. The van der Waals surface area contributed by atoms with Crippen LogP contribution in [0.4, 0.5) is 5.69 Å². The Bertz CT molecular complexity index is 1030. The van der Waals surface area contributed by atoms with Crippen LogP contribution in [0.2, 0.25) is 0 Å². The molecule has 2 amide bonds. The van der Waals surface area contributed by atoms with Gasteiger partial charge in [0.05, 0.1) is 11.9 Å². The fraction of sp³-hybridized carbons (Fsp3) is 0.440. The summed E-state index contributed by atoms with van der Waals surface area (Å²) in [6, 6.07) is 14.4. The van der Waals surface area contributed by atoms with Gasteiger partial charge >= 0.3 is 0 Å². The number of nitrogens with one attached hydrogen (secondary N) is 1. The first-order chi connectivity index (χ1) is 15.5. The zero-order valence-electron chi connectivity index (χ0n) is 20.2. The van der Waals surface area contributed by atoms with Crippen molar-refractivity contribution in [2.45, 2.75) is 46.6 Å². The van der Waals surface area contributed by atoms with Gasteiger partial charge in [0.1, 0.15) is 12.6 Å². The van der Waals surface area contributed by atoms with Crippen LogP contribution in [0, 0.1) is 13.8 Å². The summed E-state index contributed by atoms with van der Waals surface area (Å²) in [5.74, 6) is -0.676. The number of amides is 2. The molecule has 8 heteroatoms. The van der Waals surface area contributed by atoms with E-state index < -0.39 is 22.0 Å². The van der Waals surface area contributed by atoms with Crippen LogP contribution in [-0.4, -0.2) is 57.1 Å². The molecule has 0 aliphatic rings. The van der Waals surface area contributed by atoms with Gasteiger partial charge in [-0.15, -0.1) is 0 Å². The van der Waals surface area contributed by atoms with E-state index in [0.29, 0.717) is 25.2 Å². The van der Waals surface area contributed by atoms with Crippen molar-refractivity contribution < 1.29 is 18.0 Å². The molecule has 1 N–H and O–H groups in total. The number of hydrogen-bond donors (Lipinski definition) is 1. The number of hydrogen-bond acceptors (Lipinski definition) is 4. The number of aryl methyl sites for hydroxylation is 2. The first kappa shape index (κ1) is 26.4. The van der Waals surface area contributed by atoms with E-state index in [1.165, 1.54) is 4.90 Å². The molecule has 0 fully saturated rings. The number of nitrogens with zero attached hydrogens (tertiary/aromatic N) is 2. The molecular weight excluding hydrogens is 438 g/mol. The number of rotatable bonds is 11. The lowest BCUT2D eigenvalue weighted by atomic mass is 10.1. The monoisotopic (exact) mass is 473 g/mol. The molecule has 180 valence electrons. The van der Waals surface area contributed by atoms with Gasteiger partial charge in [-0.25, -0.2) is 8.42 Å². The number of anilines is 1. The Morgan fingerprint density at radius 2 is 1.64 bits per heavy atom. The first-order valence-electron chi connectivity index (χ1n) is 11.2. The van der Waals surface area contributed by atoms with Crippen molar-refractivity contribution in [1.82, 2.24) is 10.2 Å². The molecule has 0 radical (unpaired) electrons. The molecule has 0 spiro atoms. The Morgan fingerprint density at radius 3 is 2.18 bits per heavy atom. The second-order valence-electron chi connectivity index (χ2n) is 8.41. The Kier molecular flexibility index (Phi) is 9.46. The third-order valence-corrected chi connectivity index (χ3v) is 6.51. The van der Waals surface area contributed by atoms with Crippen LogP contribution in [0.5, 0.6) is 0 Å². The molecule has 0 saturated heterocycles. The summed E-state index contributed by atoms with van der Waals surface area (Å²) in [4.78, 5) is 27.6. The third kappa shape index (κ3) is 7.89. The quantitative estimate of drug-likeness (QED) is 0.543. The van der Waals surface area contributed by atoms with Crippen LogP contribution in [0.25, 0.3) is 0 Å². The highest BCUT2D eigenvalue weighted by atomic mass is 32.2. The summed E-state index contributed by atoms with van der Waals surface area (Å²) in [5.41, 5.74) is 3.28. The van der Waals surface area contributed by atoms with Gasteiger partial charge in [0.25, 0.3) is 0 Å². The normalized spacial score (nSPS) is 12.2. The highest BCUT2D eigenvalue weighted by Gasteiger charge is 2.29. The van der Waals surface area contributed by atoms with Gasteiger partial charge in [0.15, 0.2) is 0 Å². The minimum atomic E-state index is -3.72.